The number of allylic oxidation sites excluding steroid dienone is 5. The molecule has 1 fully saturated rings. The van der Waals surface area contributed by atoms with Crippen LogP contribution in [0.4, 0.5) is 0 Å². The third kappa shape index (κ3) is 5.45. The zero-order valence-electron chi connectivity index (χ0n) is 14.4. The number of aliphatic hydroxyl groups is 1. The van der Waals surface area contributed by atoms with Crippen molar-refractivity contribution >= 4 is 11.8 Å². The van der Waals surface area contributed by atoms with E-state index >= 15 is 0 Å². The maximum absolute atomic E-state index is 12.0. The average Bonchev–Trinajstić information content (AvgIpc) is 2.91. The van der Waals surface area contributed by atoms with Crippen LogP contribution in [0, 0.1) is 5.92 Å². The highest BCUT2D eigenvalue weighted by atomic mass is 16.6. The van der Waals surface area contributed by atoms with Gasteiger partial charge in [0.25, 0.3) is 0 Å². The van der Waals surface area contributed by atoms with Crippen molar-refractivity contribution in [3.05, 3.63) is 36.0 Å². The fourth-order valence-electron chi connectivity index (χ4n) is 3.14. The van der Waals surface area contributed by atoms with Gasteiger partial charge in [0.15, 0.2) is 5.78 Å². The molecule has 0 amide bonds. The van der Waals surface area contributed by atoms with Crippen LogP contribution in [0.15, 0.2) is 36.0 Å². The van der Waals surface area contributed by atoms with Crippen LogP contribution in [0.3, 0.4) is 0 Å². The predicted molar refractivity (Wildman–Crippen MR) is 93.4 cm³/mol. The Bertz CT molecular complexity index is 530. The fourth-order valence-corrected chi connectivity index (χ4v) is 3.14. The smallest absolute Gasteiger partial charge is 0.306 e. The Labute approximate surface area is 144 Å². The molecule has 0 aromatic heterocycles. The third-order valence-corrected chi connectivity index (χ3v) is 4.58. The van der Waals surface area contributed by atoms with E-state index in [2.05, 4.69) is 19.1 Å². The van der Waals surface area contributed by atoms with Crippen LogP contribution in [-0.4, -0.2) is 29.1 Å². The van der Waals surface area contributed by atoms with Gasteiger partial charge in [0.2, 0.25) is 0 Å². The molecule has 1 heterocycles. The molecule has 1 aliphatic carbocycles. The molecule has 0 aromatic carbocycles. The Morgan fingerprint density at radius 2 is 2.17 bits per heavy atom. The molecule has 1 N–H and O–H groups in total. The Morgan fingerprint density at radius 3 is 2.92 bits per heavy atom. The van der Waals surface area contributed by atoms with Crippen molar-refractivity contribution in [1.82, 2.24) is 0 Å². The van der Waals surface area contributed by atoms with E-state index in [1.54, 1.807) is 12.2 Å². The van der Waals surface area contributed by atoms with Crippen molar-refractivity contribution < 1.29 is 19.4 Å². The first-order valence-corrected chi connectivity index (χ1v) is 9.08. The van der Waals surface area contributed by atoms with Crippen molar-refractivity contribution in [3.8, 4) is 0 Å². The molecule has 0 saturated carbocycles. The summed E-state index contributed by atoms with van der Waals surface area (Å²) in [4.78, 5) is 23.4. The van der Waals surface area contributed by atoms with Gasteiger partial charge >= 0.3 is 5.97 Å². The summed E-state index contributed by atoms with van der Waals surface area (Å²) in [6.45, 7) is 2.19. The summed E-state index contributed by atoms with van der Waals surface area (Å²) in [6.07, 6.45) is 15.1. The summed E-state index contributed by atoms with van der Waals surface area (Å²) >= 11 is 0. The Hall–Kier alpha value is -1.68. The summed E-state index contributed by atoms with van der Waals surface area (Å²) in [5.74, 6) is -0.319. The highest BCUT2D eigenvalue weighted by Crippen LogP contribution is 2.27. The highest BCUT2D eigenvalue weighted by molar-refractivity contribution is 6.07. The second-order valence-electron chi connectivity index (χ2n) is 6.57. The van der Waals surface area contributed by atoms with Gasteiger partial charge in [-0.25, -0.2) is 0 Å². The van der Waals surface area contributed by atoms with E-state index in [-0.39, 0.29) is 17.7 Å². The van der Waals surface area contributed by atoms with Gasteiger partial charge in [0, 0.05) is 17.9 Å². The molecule has 0 unspecified atom stereocenters. The number of carbonyl (C=O) groups excluding carboxylic acids is 2. The summed E-state index contributed by atoms with van der Waals surface area (Å²) in [7, 11) is 0. The molecule has 0 bridgehead atoms. The number of ether oxygens (including phenoxy) is 1. The van der Waals surface area contributed by atoms with Gasteiger partial charge in [-0.2, -0.15) is 0 Å². The van der Waals surface area contributed by atoms with E-state index in [9.17, 15) is 14.7 Å². The zero-order valence-corrected chi connectivity index (χ0v) is 14.4. The normalized spacial score (nSPS) is 27.2. The minimum absolute atomic E-state index is 0.00821. The molecule has 1 saturated heterocycles. The van der Waals surface area contributed by atoms with Crippen molar-refractivity contribution in [1.29, 1.82) is 0 Å². The van der Waals surface area contributed by atoms with Crippen LogP contribution in [0.5, 0.6) is 0 Å². The van der Waals surface area contributed by atoms with Gasteiger partial charge in [0.05, 0.1) is 0 Å². The van der Waals surface area contributed by atoms with Crippen molar-refractivity contribution in [2.24, 2.45) is 5.92 Å². The Morgan fingerprint density at radius 1 is 1.33 bits per heavy atom. The van der Waals surface area contributed by atoms with Crippen molar-refractivity contribution in [2.75, 3.05) is 0 Å². The number of hydrogen-bond donors (Lipinski definition) is 1. The van der Waals surface area contributed by atoms with E-state index in [1.807, 2.05) is 6.08 Å². The molecule has 0 aromatic rings. The molecular formula is C20H28O4. The molecular weight excluding hydrogens is 304 g/mol. The number of aliphatic hydroxyl groups excluding tert-OH is 1. The fraction of sp³-hybridized carbons (Fsp3) is 0.600. The maximum Gasteiger partial charge on any atom is 0.306 e. The van der Waals surface area contributed by atoms with Gasteiger partial charge in [-0.3, -0.25) is 9.59 Å². The quantitative estimate of drug-likeness (QED) is 0.319. The lowest BCUT2D eigenvalue weighted by molar-refractivity contribution is -0.158. The highest BCUT2D eigenvalue weighted by Gasteiger charge is 2.29. The SMILES string of the molecule is CCCCC/C=C\C[C@H]1C=CC(=O)/C1=C/[C@@H](O)[C@@H]1CCCC(=O)O1. The first-order chi connectivity index (χ1) is 11.6. The lowest BCUT2D eigenvalue weighted by Crippen LogP contribution is -2.33. The van der Waals surface area contributed by atoms with Crippen molar-refractivity contribution in [2.45, 2.75) is 70.5 Å². The predicted octanol–water partition coefficient (Wildman–Crippen LogP) is 3.65. The molecule has 0 radical (unpaired) electrons. The van der Waals surface area contributed by atoms with Gasteiger partial charge in [0.1, 0.15) is 12.2 Å². The Balaban J connectivity index is 1.91. The number of cyclic esters (lactones) is 1. The zero-order chi connectivity index (χ0) is 17.4. The number of ketones is 1. The van der Waals surface area contributed by atoms with Crippen LogP contribution < -0.4 is 0 Å². The summed E-state index contributed by atoms with van der Waals surface area (Å²) < 4.78 is 5.19. The van der Waals surface area contributed by atoms with Gasteiger partial charge in [-0.1, -0.05) is 38.0 Å². The third-order valence-electron chi connectivity index (χ3n) is 4.58. The molecule has 2 rings (SSSR count). The average molecular weight is 332 g/mol. The molecule has 4 nitrogen and oxygen atoms in total. The molecule has 1 aliphatic heterocycles. The number of unbranched alkanes of at least 4 members (excludes halogenated alkanes) is 3. The number of hydrogen-bond acceptors (Lipinski definition) is 4. The number of esters is 1. The second-order valence-corrected chi connectivity index (χ2v) is 6.57. The number of carbonyl (C=O) groups is 2. The lowest BCUT2D eigenvalue weighted by Gasteiger charge is -2.25. The van der Waals surface area contributed by atoms with Crippen LogP contribution in [0.1, 0.15) is 58.3 Å². The topological polar surface area (TPSA) is 63.6 Å². The minimum atomic E-state index is -0.913. The van der Waals surface area contributed by atoms with Crippen LogP contribution in [0.25, 0.3) is 0 Å². The minimum Gasteiger partial charge on any atom is -0.459 e. The molecule has 4 heteroatoms. The first-order valence-electron chi connectivity index (χ1n) is 9.08. The lowest BCUT2D eigenvalue weighted by atomic mass is 9.94. The van der Waals surface area contributed by atoms with Crippen LogP contribution >= 0.6 is 0 Å². The van der Waals surface area contributed by atoms with E-state index in [0.29, 0.717) is 18.4 Å². The van der Waals surface area contributed by atoms with Crippen LogP contribution in [0.2, 0.25) is 0 Å². The molecule has 132 valence electrons. The molecule has 2 aliphatic rings. The van der Waals surface area contributed by atoms with E-state index in [1.165, 1.54) is 19.3 Å². The Kier molecular flexibility index (Phi) is 7.44. The molecule has 24 heavy (non-hydrogen) atoms. The summed E-state index contributed by atoms with van der Waals surface area (Å²) in [6, 6.07) is 0. The van der Waals surface area contributed by atoms with Gasteiger partial charge < -0.3 is 9.84 Å². The summed E-state index contributed by atoms with van der Waals surface area (Å²) in [5, 5.41) is 10.3. The second kappa shape index (κ2) is 9.58. The van der Waals surface area contributed by atoms with E-state index in [4.69, 9.17) is 4.74 Å². The standard InChI is InChI=1S/C20H28O4/c1-2-3-4-5-6-7-9-15-12-13-17(21)16(15)14-18(22)19-10-8-11-20(23)24-19/h6-7,12-15,18-19,22H,2-5,8-11H2,1H3/b7-6-,16-14+/t15-,18+,19-/m0/s1. The van der Waals surface area contributed by atoms with Gasteiger partial charge in [-0.05, 0) is 44.3 Å². The first kappa shape index (κ1) is 18.7. The molecule has 3 atom stereocenters. The van der Waals surface area contributed by atoms with Crippen molar-refractivity contribution in [3.63, 3.8) is 0 Å². The maximum atomic E-state index is 12.0. The summed E-state index contributed by atoms with van der Waals surface area (Å²) in [5.41, 5.74) is 0.613. The monoisotopic (exact) mass is 332 g/mol. The van der Waals surface area contributed by atoms with E-state index in [0.717, 1.165) is 19.3 Å². The number of rotatable bonds is 8. The largest absolute Gasteiger partial charge is 0.459 e. The molecule has 0 spiro atoms. The van der Waals surface area contributed by atoms with E-state index < -0.39 is 12.2 Å². The van der Waals surface area contributed by atoms with Gasteiger partial charge in [-0.15, -0.1) is 0 Å². The van der Waals surface area contributed by atoms with Crippen LogP contribution in [-0.2, 0) is 14.3 Å².